The van der Waals surface area contributed by atoms with Gasteiger partial charge >= 0.3 is 5.97 Å². The number of carboxylic acid groups (broad SMARTS) is 1. The summed E-state index contributed by atoms with van der Waals surface area (Å²) in [6.07, 6.45) is 1.82. The minimum Gasteiger partial charge on any atom is -0.497 e. The van der Waals surface area contributed by atoms with Crippen molar-refractivity contribution in [2.24, 2.45) is 5.41 Å². The van der Waals surface area contributed by atoms with E-state index in [2.05, 4.69) is 21.7 Å². The molecule has 5 nitrogen and oxygen atoms in total. The van der Waals surface area contributed by atoms with Gasteiger partial charge in [0, 0.05) is 22.7 Å². The number of likely N-dealkylation sites (tertiary alicyclic amines) is 1. The lowest BCUT2D eigenvalue weighted by atomic mass is 9.71. The number of rotatable bonds is 8. The normalized spacial score (nSPS) is 16.0. The van der Waals surface area contributed by atoms with E-state index in [4.69, 9.17) is 27.9 Å². The lowest BCUT2D eigenvalue weighted by Gasteiger charge is -2.41. The van der Waals surface area contributed by atoms with E-state index in [1.165, 1.54) is 25.4 Å². The lowest BCUT2D eigenvalue weighted by molar-refractivity contribution is -0.141. The monoisotopic (exact) mass is 560 g/mol. The van der Waals surface area contributed by atoms with Crippen LogP contribution in [-0.2, 0) is 4.79 Å². The van der Waals surface area contributed by atoms with E-state index in [1.54, 1.807) is 24.3 Å². The lowest BCUT2D eigenvalue weighted by Crippen LogP contribution is -2.41. The summed E-state index contributed by atoms with van der Waals surface area (Å²) >= 11 is 12.1. The maximum absolute atomic E-state index is 15.7. The summed E-state index contributed by atoms with van der Waals surface area (Å²) in [5, 5.41) is 10.5. The van der Waals surface area contributed by atoms with E-state index >= 15 is 4.39 Å². The highest BCUT2D eigenvalue weighted by molar-refractivity contribution is 6.32. The van der Waals surface area contributed by atoms with Crippen molar-refractivity contribution in [2.75, 3.05) is 26.7 Å². The average Bonchev–Trinajstić information content (AvgIpc) is 2.90. The third-order valence-corrected chi connectivity index (χ3v) is 7.82. The van der Waals surface area contributed by atoms with Crippen molar-refractivity contribution in [3.8, 4) is 17.6 Å². The molecular weight excluding hydrogens is 533 g/mol. The van der Waals surface area contributed by atoms with E-state index < -0.39 is 23.4 Å². The Bertz CT molecular complexity index is 1380. The quantitative estimate of drug-likeness (QED) is 0.298. The number of fused-ring (bicyclic) bond motifs is 1. The highest BCUT2D eigenvalue weighted by Crippen LogP contribution is 2.44. The molecule has 1 aliphatic rings. The zero-order valence-corrected chi connectivity index (χ0v) is 22.5. The second-order valence-corrected chi connectivity index (χ2v) is 10.5. The van der Waals surface area contributed by atoms with Crippen LogP contribution in [0.15, 0.2) is 42.6 Å². The number of methoxy groups -OCH3 is 1. The first kappa shape index (κ1) is 28.1. The van der Waals surface area contributed by atoms with Crippen LogP contribution in [0, 0.1) is 23.1 Å². The number of carboxylic acids is 1. The smallest absolute Gasteiger partial charge is 0.303 e. The van der Waals surface area contributed by atoms with Crippen molar-refractivity contribution >= 4 is 40.1 Å². The molecule has 1 aliphatic heterocycles. The summed E-state index contributed by atoms with van der Waals surface area (Å²) in [4.78, 5) is 18.2. The zero-order valence-electron chi connectivity index (χ0n) is 20.9. The number of alkyl halides is 1. The molecule has 3 aromatic rings. The van der Waals surface area contributed by atoms with Gasteiger partial charge in [-0.3, -0.25) is 14.7 Å². The zero-order chi connectivity index (χ0) is 27.3. The van der Waals surface area contributed by atoms with Gasteiger partial charge in [-0.15, -0.1) is 0 Å². The van der Waals surface area contributed by atoms with Gasteiger partial charge in [0.15, 0.2) is 0 Å². The minimum atomic E-state index is -1.38. The van der Waals surface area contributed by atoms with Gasteiger partial charge < -0.3 is 9.84 Å². The van der Waals surface area contributed by atoms with Gasteiger partial charge in [0.05, 0.1) is 35.6 Å². The maximum Gasteiger partial charge on any atom is 0.303 e. The third kappa shape index (κ3) is 6.74. The number of hydrogen-bond donors (Lipinski definition) is 1. The van der Waals surface area contributed by atoms with Gasteiger partial charge in [-0.2, -0.15) is 0 Å². The Labute approximate surface area is 230 Å². The fourth-order valence-corrected chi connectivity index (χ4v) is 5.43. The second kappa shape index (κ2) is 12.3. The SMILES string of the molecule is COc1ccc2ncc(Cl)c(C(F)CCC3(CC(=O)O)CCN(CC#Cc4ccc(Cl)c(F)c4)CC3)c2c1. The number of pyridine rings is 1. The summed E-state index contributed by atoms with van der Waals surface area (Å²) in [5.74, 6) is 5.16. The number of nitrogens with zero attached hydrogens (tertiary/aromatic N) is 2. The van der Waals surface area contributed by atoms with Crippen molar-refractivity contribution in [3.05, 3.63) is 69.6 Å². The van der Waals surface area contributed by atoms with Gasteiger partial charge in [0.1, 0.15) is 17.7 Å². The van der Waals surface area contributed by atoms with Crippen molar-refractivity contribution in [2.45, 2.75) is 38.3 Å². The Hall–Kier alpha value is -2.92. The molecule has 38 heavy (non-hydrogen) atoms. The van der Waals surface area contributed by atoms with Gasteiger partial charge in [-0.25, -0.2) is 8.78 Å². The molecule has 4 rings (SSSR count). The molecule has 0 spiro atoms. The number of hydrogen-bond acceptors (Lipinski definition) is 4. The van der Waals surface area contributed by atoms with Crippen LogP contribution in [0.4, 0.5) is 8.78 Å². The van der Waals surface area contributed by atoms with Crippen LogP contribution in [0.5, 0.6) is 5.75 Å². The summed E-state index contributed by atoms with van der Waals surface area (Å²) < 4.78 is 34.6. The third-order valence-electron chi connectivity index (χ3n) is 7.21. The topological polar surface area (TPSA) is 62.7 Å². The molecule has 0 saturated carbocycles. The fraction of sp³-hybridized carbons (Fsp3) is 0.379. The summed E-state index contributed by atoms with van der Waals surface area (Å²) in [6, 6.07) is 9.67. The highest BCUT2D eigenvalue weighted by atomic mass is 35.5. The standard InChI is InChI=1S/C29H28Cl2F2N2O3/c1-38-20-5-7-26-21(16-20)28(23(31)18-34-26)24(32)8-9-29(17-27(36)37)10-13-35(14-11-29)12-2-3-19-4-6-22(30)25(33)15-19/h4-7,15-16,18,24H,8-14,17H2,1H3,(H,36,37). The largest absolute Gasteiger partial charge is 0.497 e. The predicted octanol–water partition coefficient (Wildman–Crippen LogP) is 7.09. The molecule has 0 bridgehead atoms. The van der Waals surface area contributed by atoms with Crippen molar-refractivity contribution < 1.29 is 23.4 Å². The van der Waals surface area contributed by atoms with E-state index in [9.17, 15) is 14.3 Å². The van der Waals surface area contributed by atoms with Crippen molar-refractivity contribution in [1.82, 2.24) is 9.88 Å². The van der Waals surface area contributed by atoms with Crippen LogP contribution in [0.25, 0.3) is 10.9 Å². The van der Waals surface area contributed by atoms with E-state index in [0.29, 0.717) is 66.7 Å². The van der Waals surface area contributed by atoms with E-state index in [0.717, 1.165) is 0 Å². The number of halogens is 4. The molecule has 0 aliphatic carbocycles. The Balaban J connectivity index is 1.42. The number of aliphatic carboxylic acids is 1. The van der Waals surface area contributed by atoms with Crippen molar-refractivity contribution in [3.63, 3.8) is 0 Å². The van der Waals surface area contributed by atoms with Gasteiger partial charge in [-0.1, -0.05) is 35.0 Å². The highest BCUT2D eigenvalue weighted by Gasteiger charge is 2.37. The minimum absolute atomic E-state index is 0.0259. The van der Waals surface area contributed by atoms with Crippen LogP contribution in [-0.4, -0.2) is 47.7 Å². The number of aromatic nitrogens is 1. The molecule has 1 unspecified atom stereocenters. The second-order valence-electron chi connectivity index (χ2n) is 9.69. The van der Waals surface area contributed by atoms with Crippen LogP contribution in [0.2, 0.25) is 10.0 Å². The van der Waals surface area contributed by atoms with Crippen LogP contribution in [0.3, 0.4) is 0 Å². The van der Waals surface area contributed by atoms with Gasteiger partial charge in [0.25, 0.3) is 0 Å². The Kier molecular flexibility index (Phi) is 9.09. The molecule has 1 N–H and O–H groups in total. The first-order valence-electron chi connectivity index (χ1n) is 12.3. The van der Waals surface area contributed by atoms with Crippen LogP contribution < -0.4 is 4.74 Å². The first-order valence-corrected chi connectivity index (χ1v) is 13.1. The number of ether oxygens (including phenoxy) is 1. The summed E-state index contributed by atoms with van der Waals surface area (Å²) in [5.41, 5.74) is 0.987. The molecule has 0 amide bonds. The predicted molar refractivity (Wildman–Crippen MR) is 145 cm³/mol. The molecule has 0 radical (unpaired) electrons. The number of carbonyl (C=O) groups is 1. The Morgan fingerprint density at radius 2 is 1.97 bits per heavy atom. The Morgan fingerprint density at radius 1 is 1.21 bits per heavy atom. The van der Waals surface area contributed by atoms with Crippen LogP contribution in [0.1, 0.15) is 49.4 Å². The van der Waals surface area contributed by atoms with E-state index in [-0.39, 0.29) is 22.9 Å². The van der Waals surface area contributed by atoms with Gasteiger partial charge in [0.2, 0.25) is 0 Å². The molecule has 2 aromatic carbocycles. The van der Waals surface area contributed by atoms with Gasteiger partial charge in [-0.05, 0) is 80.6 Å². The molecule has 200 valence electrons. The Morgan fingerprint density at radius 3 is 2.66 bits per heavy atom. The molecule has 9 heteroatoms. The summed E-state index contributed by atoms with van der Waals surface area (Å²) in [7, 11) is 1.54. The molecule has 1 fully saturated rings. The average molecular weight is 561 g/mol. The van der Waals surface area contributed by atoms with Crippen LogP contribution >= 0.6 is 23.2 Å². The first-order chi connectivity index (χ1) is 18.2. The molecule has 1 aromatic heterocycles. The fourth-order valence-electron chi connectivity index (χ4n) is 5.04. The van der Waals surface area contributed by atoms with E-state index in [1.807, 2.05) is 0 Å². The molecule has 2 heterocycles. The molecule has 1 atom stereocenters. The molecule has 1 saturated heterocycles. The molecular formula is C29H28Cl2F2N2O3. The number of piperidine rings is 1. The van der Waals surface area contributed by atoms with Crippen molar-refractivity contribution in [1.29, 1.82) is 0 Å². The number of benzene rings is 2. The maximum atomic E-state index is 15.7. The summed E-state index contributed by atoms with van der Waals surface area (Å²) in [6.45, 7) is 1.76.